The first-order valence-corrected chi connectivity index (χ1v) is 6.35. The number of Topliss-reactive ketones (excluding diaryl/α,β-unsaturated/α-hetero) is 1. The summed E-state index contributed by atoms with van der Waals surface area (Å²) in [6.45, 7) is 0.611. The van der Waals surface area contributed by atoms with Crippen molar-refractivity contribution in [2.75, 3.05) is 0 Å². The molecule has 0 amide bonds. The highest BCUT2D eigenvalue weighted by Crippen LogP contribution is 2.35. The molecule has 1 aromatic rings. The molecule has 1 aromatic carbocycles. The number of hydrogen-bond donors (Lipinski definition) is 0. The Morgan fingerprint density at radius 3 is 2.39 bits per heavy atom. The fourth-order valence-electron chi connectivity index (χ4n) is 3.17. The van der Waals surface area contributed by atoms with E-state index in [4.69, 9.17) is 0 Å². The van der Waals surface area contributed by atoms with Crippen LogP contribution in [-0.4, -0.2) is 22.8 Å². The van der Waals surface area contributed by atoms with Crippen LogP contribution in [0.3, 0.4) is 0 Å². The van der Waals surface area contributed by atoms with Crippen molar-refractivity contribution in [1.82, 2.24) is 4.90 Å². The molecule has 2 unspecified atom stereocenters. The van der Waals surface area contributed by atoms with Gasteiger partial charge in [0.1, 0.15) is 5.78 Å². The van der Waals surface area contributed by atoms with Gasteiger partial charge < -0.3 is 0 Å². The van der Waals surface area contributed by atoms with E-state index >= 15 is 0 Å². The normalized spacial score (nSPS) is 27.8. The van der Waals surface area contributed by atoms with E-state index in [-0.39, 0.29) is 0 Å². The third kappa shape index (κ3) is 2.05. The second-order valence-corrected chi connectivity index (χ2v) is 5.25. The van der Waals surface area contributed by atoms with Gasteiger partial charge in [-0.2, -0.15) is 0 Å². The van der Waals surface area contributed by atoms with E-state index in [1.807, 2.05) is 0 Å². The molecule has 0 spiro atoms. The summed E-state index contributed by atoms with van der Waals surface area (Å²) in [5.41, 5.74) is 0.778. The quantitative estimate of drug-likeness (QED) is 0.805. The van der Waals surface area contributed by atoms with E-state index in [1.54, 1.807) is 6.07 Å². The number of rotatable bonds is 2. The predicted octanol–water partition coefficient (Wildman–Crippen LogP) is 2.66. The number of benzene rings is 1. The van der Waals surface area contributed by atoms with E-state index in [0.29, 0.717) is 37.3 Å². The average molecular weight is 251 g/mol. The van der Waals surface area contributed by atoms with Crippen molar-refractivity contribution in [3.8, 4) is 0 Å². The molecule has 0 radical (unpaired) electrons. The smallest absolute Gasteiger partial charge is 0.159 e. The maximum Gasteiger partial charge on any atom is 0.159 e. The van der Waals surface area contributed by atoms with Gasteiger partial charge in [0.25, 0.3) is 0 Å². The zero-order valence-electron chi connectivity index (χ0n) is 10.0. The van der Waals surface area contributed by atoms with Crippen LogP contribution >= 0.6 is 0 Å². The minimum atomic E-state index is -0.810. The summed E-state index contributed by atoms with van der Waals surface area (Å²) in [6, 6.07) is 4.63. The van der Waals surface area contributed by atoms with Crippen LogP contribution in [-0.2, 0) is 11.3 Å². The van der Waals surface area contributed by atoms with Crippen molar-refractivity contribution in [3.05, 3.63) is 35.4 Å². The summed E-state index contributed by atoms with van der Waals surface area (Å²) >= 11 is 0. The zero-order chi connectivity index (χ0) is 12.7. The van der Waals surface area contributed by atoms with Crippen LogP contribution in [0.15, 0.2) is 18.2 Å². The lowest BCUT2D eigenvalue weighted by atomic mass is 10.0. The number of carbonyl (C=O) groups excluding carboxylic acids is 1. The lowest BCUT2D eigenvalue weighted by Crippen LogP contribution is -2.42. The minimum Gasteiger partial charge on any atom is -0.300 e. The fourth-order valence-corrected chi connectivity index (χ4v) is 3.17. The maximum absolute atomic E-state index is 13.2. The van der Waals surface area contributed by atoms with E-state index in [2.05, 4.69) is 4.90 Å². The van der Waals surface area contributed by atoms with Crippen LogP contribution in [0.2, 0.25) is 0 Å². The monoisotopic (exact) mass is 251 g/mol. The summed E-state index contributed by atoms with van der Waals surface area (Å²) < 4.78 is 26.0. The van der Waals surface area contributed by atoms with Gasteiger partial charge in [-0.1, -0.05) is 6.07 Å². The van der Waals surface area contributed by atoms with E-state index in [1.165, 1.54) is 12.1 Å². The molecule has 0 aliphatic carbocycles. The molecule has 0 aromatic heterocycles. The number of fused-ring (bicyclic) bond motifs is 2. The number of carbonyl (C=O) groups is 1. The number of ketones is 1. The van der Waals surface area contributed by atoms with Gasteiger partial charge in [-0.05, 0) is 30.5 Å². The van der Waals surface area contributed by atoms with Gasteiger partial charge >= 0.3 is 0 Å². The minimum absolute atomic E-state index is 0.296. The summed E-state index contributed by atoms with van der Waals surface area (Å²) in [6.07, 6.45) is 3.31. The van der Waals surface area contributed by atoms with Crippen molar-refractivity contribution in [3.63, 3.8) is 0 Å². The Bertz CT molecular complexity index is 473. The van der Waals surface area contributed by atoms with Crippen molar-refractivity contribution in [2.24, 2.45) is 0 Å². The first kappa shape index (κ1) is 11.8. The number of halogens is 2. The molecule has 4 heteroatoms. The second kappa shape index (κ2) is 4.43. The topological polar surface area (TPSA) is 20.3 Å². The van der Waals surface area contributed by atoms with Gasteiger partial charge in [0, 0.05) is 31.5 Å². The highest BCUT2D eigenvalue weighted by molar-refractivity contribution is 5.80. The Balaban J connectivity index is 1.77. The Hall–Kier alpha value is -1.29. The fraction of sp³-hybridized carbons (Fsp3) is 0.500. The van der Waals surface area contributed by atoms with Gasteiger partial charge in [-0.25, -0.2) is 8.78 Å². The Kier molecular flexibility index (Phi) is 2.90. The predicted molar refractivity (Wildman–Crippen MR) is 63.0 cm³/mol. The highest BCUT2D eigenvalue weighted by Gasteiger charge is 2.39. The van der Waals surface area contributed by atoms with Crippen molar-refractivity contribution in [1.29, 1.82) is 0 Å². The molecule has 2 heterocycles. The average Bonchev–Trinajstić information content (AvgIpc) is 2.58. The van der Waals surface area contributed by atoms with Gasteiger partial charge in [-0.15, -0.1) is 0 Å². The number of piperidine rings is 1. The zero-order valence-corrected chi connectivity index (χ0v) is 10.0. The third-order valence-corrected chi connectivity index (χ3v) is 4.05. The molecule has 2 atom stereocenters. The van der Waals surface area contributed by atoms with Crippen molar-refractivity contribution < 1.29 is 13.6 Å². The summed E-state index contributed by atoms with van der Waals surface area (Å²) in [7, 11) is 0. The van der Waals surface area contributed by atoms with Crippen molar-refractivity contribution >= 4 is 5.78 Å². The highest BCUT2D eigenvalue weighted by atomic mass is 19.2. The summed E-state index contributed by atoms with van der Waals surface area (Å²) in [4.78, 5) is 13.8. The molecule has 2 saturated heterocycles. The van der Waals surface area contributed by atoms with Crippen LogP contribution in [0.1, 0.15) is 31.2 Å². The molecule has 96 valence electrons. The Labute approximate surface area is 105 Å². The summed E-state index contributed by atoms with van der Waals surface area (Å²) in [5.74, 6) is -1.27. The van der Waals surface area contributed by atoms with Crippen LogP contribution < -0.4 is 0 Å². The molecule has 0 saturated carbocycles. The molecule has 3 rings (SSSR count). The SMILES string of the molecule is O=C1CC2CCC(C1)N2Cc1ccc(F)c(F)c1. The van der Waals surface area contributed by atoms with E-state index < -0.39 is 11.6 Å². The van der Waals surface area contributed by atoms with Crippen LogP contribution in [0, 0.1) is 11.6 Å². The molecule has 2 fully saturated rings. The first-order chi connectivity index (χ1) is 8.63. The van der Waals surface area contributed by atoms with Crippen molar-refractivity contribution in [2.45, 2.75) is 44.3 Å². The third-order valence-electron chi connectivity index (χ3n) is 4.05. The molecule has 2 bridgehead atoms. The number of hydrogen-bond acceptors (Lipinski definition) is 2. The molecule has 0 N–H and O–H groups in total. The summed E-state index contributed by atoms with van der Waals surface area (Å²) in [5, 5.41) is 0. The molecular weight excluding hydrogens is 236 g/mol. The molecule has 2 aliphatic rings. The van der Waals surface area contributed by atoms with Crippen LogP contribution in [0.25, 0.3) is 0 Å². The Morgan fingerprint density at radius 1 is 1.11 bits per heavy atom. The van der Waals surface area contributed by atoms with Crippen LogP contribution in [0.4, 0.5) is 8.78 Å². The van der Waals surface area contributed by atoms with Gasteiger partial charge in [0.15, 0.2) is 11.6 Å². The van der Waals surface area contributed by atoms with E-state index in [0.717, 1.165) is 18.4 Å². The largest absolute Gasteiger partial charge is 0.300 e. The maximum atomic E-state index is 13.2. The van der Waals surface area contributed by atoms with Gasteiger partial charge in [0.2, 0.25) is 0 Å². The van der Waals surface area contributed by atoms with Crippen LogP contribution in [0.5, 0.6) is 0 Å². The standard InChI is InChI=1S/C14H15F2NO/c15-13-4-1-9(5-14(13)16)8-17-10-2-3-11(17)7-12(18)6-10/h1,4-5,10-11H,2-3,6-8H2. The Morgan fingerprint density at radius 2 is 1.78 bits per heavy atom. The van der Waals surface area contributed by atoms with E-state index in [9.17, 15) is 13.6 Å². The lowest BCUT2D eigenvalue weighted by Gasteiger charge is -2.33. The molecular formula is C14H15F2NO. The molecule has 2 nitrogen and oxygen atoms in total. The van der Waals surface area contributed by atoms with Gasteiger partial charge in [0.05, 0.1) is 0 Å². The lowest BCUT2D eigenvalue weighted by molar-refractivity contribution is -0.123. The first-order valence-electron chi connectivity index (χ1n) is 6.35. The molecule has 2 aliphatic heterocycles. The number of nitrogens with zero attached hydrogens (tertiary/aromatic N) is 1. The second-order valence-electron chi connectivity index (χ2n) is 5.25. The van der Waals surface area contributed by atoms with Gasteiger partial charge in [-0.3, -0.25) is 9.69 Å². The molecule has 18 heavy (non-hydrogen) atoms.